The number of thiophene rings is 1. The summed E-state index contributed by atoms with van der Waals surface area (Å²) in [5, 5.41) is 4.12. The molecule has 2 aromatic rings. The molecule has 102 valence electrons. The van der Waals surface area contributed by atoms with Gasteiger partial charge in [-0.1, -0.05) is 15.9 Å². The number of sulfonamides is 1. The van der Waals surface area contributed by atoms with Crippen molar-refractivity contribution < 1.29 is 8.42 Å². The Hall–Kier alpha value is -0.690. The Morgan fingerprint density at radius 2 is 1.89 bits per heavy atom. The van der Waals surface area contributed by atoms with Gasteiger partial charge in [0.1, 0.15) is 0 Å². The number of benzene rings is 1. The van der Waals surface area contributed by atoms with E-state index in [1.165, 1.54) is 5.56 Å². The second kappa shape index (κ2) is 6.65. The van der Waals surface area contributed by atoms with Crippen molar-refractivity contribution in [2.45, 2.75) is 17.7 Å². The van der Waals surface area contributed by atoms with Crippen LogP contribution in [0.15, 0.2) is 50.5 Å². The largest absolute Gasteiger partial charge is 0.240 e. The van der Waals surface area contributed by atoms with Gasteiger partial charge in [0.05, 0.1) is 4.90 Å². The molecule has 0 atom stereocenters. The maximum atomic E-state index is 12.0. The van der Waals surface area contributed by atoms with E-state index in [0.717, 1.165) is 17.3 Å². The lowest BCUT2D eigenvalue weighted by Crippen LogP contribution is -2.25. The number of hydrogen-bond acceptors (Lipinski definition) is 3. The van der Waals surface area contributed by atoms with Gasteiger partial charge in [0.2, 0.25) is 10.0 Å². The van der Waals surface area contributed by atoms with Crippen LogP contribution in [0.25, 0.3) is 0 Å². The minimum absolute atomic E-state index is 0.297. The Morgan fingerprint density at radius 1 is 1.16 bits per heavy atom. The van der Waals surface area contributed by atoms with Gasteiger partial charge >= 0.3 is 0 Å². The van der Waals surface area contributed by atoms with E-state index in [4.69, 9.17) is 0 Å². The van der Waals surface area contributed by atoms with Crippen molar-refractivity contribution in [1.82, 2.24) is 4.72 Å². The lowest BCUT2D eigenvalue weighted by molar-refractivity contribution is 0.579. The van der Waals surface area contributed by atoms with Crippen LogP contribution in [-0.2, 0) is 16.4 Å². The van der Waals surface area contributed by atoms with Crippen LogP contribution < -0.4 is 4.72 Å². The minimum atomic E-state index is -3.39. The summed E-state index contributed by atoms with van der Waals surface area (Å²) in [7, 11) is -3.39. The molecule has 1 aromatic heterocycles. The van der Waals surface area contributed by atoms with E-state index in [0.29, 0.717) is 11.4 Å². The first-order valence-electron chi connectivity index (χ1n) is 5.84. The highest BCUT2D eigenvalue weighted by Gasteiger charge is 2.12. The van der Waals surface area contributed by atoms with E-state index in [9.17, 15) is 8.42 Å². The van der Waals surface area contributed by atoms with Gasteiger partial charge in [-0.2, -0.15) is 11.3 Å². The standard InChI is InChI=1S/C13H14BrNO2S2/c14-12-3-5-13(6-4-12)19(16,17)15-8-1-2-11-7-9-18-10-11/h3-7,9-10,15H,1-2,8H2. The Kier molecular flexibility index (Phi) is 5.15. The summed E-state index contributed by atoms with van der Waals surface area (Å²) < 4.78 is 27.4. The predicted molar refractivity (Wildman–Crippen MR) is 82.0 cm³/mol. The van der Waals surface area contributed by atoms with Crippen molar-refractivity contribution >= 4 is 37.3 Å². The van der Waals surface area contributed by atoms with Crippen LogP contribution in [0.3, 0.4) is 0 Å². The Balaban J connectivity index is 1.86. The summed E-state index contributed by atoms with van der Waals surface area (Å²) in [5.41, 5.74) is 1.26. The molecule has 0 saturated carbocycles. The molecular weight excluding hydrogens is 346 g/mol. The molecule has 0 radical (unpaired) electrons. The molecule has 0 aliphatic carbocycles. The SMILES string of the molecule is O=S(=O)(NCCCc1ccsc1)c1ccc(Br)cc1. The van der Waals surface area contributed by atoms with E-state index in [1.807, 2.05) is 5.38 Å². The van der Waals surface area contributed by atoms with Crippen LogP contribution in [0.1, 0.15) is 12.0 Å². The van der Waals surface area contributed by atoms with Gasteiger partial charge < -0.3 is 0 Å². The summed E-state index contributed by atoms with van der Waals surface area (Å²) in [4.78, 5) is 0.297. The van der Waals surface area contributed by atoms with Crippen molar-refractivity contribution in [3.63, 3.8) is 0 Å². The molecule has 1 N–H and O–H groups in total. The number of nitrogens with one attached hydrogen (secondary N) is 1. The molecule has 0 saturated heterocycles. The van der Waals surface area contributed by atoms with Crippen molar-refractivity contribution in [3.05, 3.63) is 51.1 Å². The average Bonchev–Trinajstić information content (AvgIpc) is 2.88. The Morgan fingerprint density at radius 3 is 2.53 bits per heavy atom. The van der Waals surface area contributed by atoms with Gasteiger partial charge in [0.25, 0.3) is 0 Å². The third-order valence-electron chi connectivity index (χ3n) is 2.64. The molecule has 0 bridgehead atoms. The molecule has 0 spiro atoms. The highest BCUT2D eigenvalue weighted by atomic mass is 79.9. The third-order valence-corrected chi connectivity index (χ3v) is 5.38. The number of aryl methyl sites for hydroxylation is 1. The fourth-order valence-corrected chi connectivity index (χ4v) is 3.67. The molecule has 0 aliphatic rings. The smallest absolute Gasteiger partial charge is 0.211 e. The molecule has 1 aromatic carbocycles. The van der Waals surface area contributed by atoms with Crippen molar-refractivity contribution in [2.75, 3.05) is 6.54 Å². The fourth-order valence-electron chi connectivity index (χ4n) is 1.63. The molecule has 1 heterocycles. The van der Waals surface area contributed by atoms with Crippen molar-refractivity contribution in [3.8, 4) is 0 Å². The molecule has 0 aliphatic heterocycles. The molecule has 0 fully saturated rings. The topological polar surface area (TPSA) is 46.2 Å². The highest BCUT2D eigenvalue weighted by molar-refractivity contribution is 9.10. The lowest BCUT2D eigenvalue weighted by atomic mass is 10.2. The van der Waals surface area contributed by atoms with Crippen LogP contribution in [0.5, 0.6) is 0 Å². The summed E-state index contributed by atoms with van der Waals surface area (Å²) >= 11 is 4.94. The van der Waals surface area contributed by atoms with Gasteiger partial charge in [-0.3, -0.25) is 0 Å². The van der Waals surface area contributed by atoms with E-state index < -0.39 is 10.0 Å². The minimum Gasteiger partial charge on any atom is -0.211 e. The van der Waals surface area contributed by atoms with E-state index in [1.54, 1.807) is 35.6 Å². The van der Waals surface area contributed by atoms with Gasteiger partial charge in [0, 0.05) is 11.0 Å². The first-order valence-corrected chi connectivity index (χ1v) is 9.06. The molecular formula is C13H14BrNO2S2. The Bertz CT molecular complexity index is 607. The summed E-state index contributed by atoms with van der Waals surface area (Å²) in [6.07, 6.45) is 1.69. The molecule has 6 heteroatoms. The quantitative estimate of drug-likeness (QED) is 0.803. The fraction of sp³-hybridized carbons (Fsp3) is 0.231. The Labute approximate surface area is 125 Å². The zero-order valence-corrected chi connectivity index (χ0v) is 13.4. The van der Waals surface area contributed by atoms with E-state index in [2.05, 4.69) is 32.1 Å². The van der Waals surface area contributed by atoms with Gasteiger partial charge in [-0.25, -0.2) is 13.1 Å². The maximum absolute atomic E-state index is 12.0. The number of hydrogen-bond donors (Lipinski definition) is 1. The van der Waals surface area contributed by atoms with Crippen LogP contribution in [0.4, 0.5) is 0 Å². The summed E-state index contributed by atoms with van der Waals surface area (Å²) in [6.45, 7) is 0.453. The van der Waals surface area contributed by atoms with Gasteiger partial charge in [-0.15, -0.1) is 0 Å². The van der Waals surface area contributed by atoms with Gasteiger partial charge in [-0.05, 0) is 59.5 Å². The van der Waals surface area contributed by atoms with Crippen molar-refractivity contribution in [1.29, 1.82) is 0 Å². The molecule has 2 rings (SSSR count). The van der Waals surface area contributed by atoms with Crippen LogP contribution >= 0.6 is 27.3 Å². The zero-order valence-electron chi connectivity index (χ0n) is 10.2. The molecule has 0 amide bonds. The van der Waals surface area contributed by atoms with E-state index in [-0.39, 0.29) is 0 Å². The second-order valence-electron chi connectivity index (χ2n) is 4.09. The van der Waals surface area contributed by atoms with Gasteiger partial charge in [0.15, 0.2) is 0 Å². The highest BCUT2D eigenvalue weighted by Crippen LogP contribution is 2.14. The number of halogens is 1. The van der Waals surface area contributed by atoms with Crippen LogP contribution in [0, 0.1) is 0 Å². The van der Waals surface area contributed by atoms with Crippen LogP contribution in [0.2, 0.25) is 0 Å². The monoisotopic (exact) mass is 359 g/mol. The predicted octanol–water partition coefficient (Wildman–Crippen LogP) is 3.42. The van der Waals surface area contributed by atoms with E-state index >= 15 is 0 Å². The molecule has 3 nitrogen and oxygen atoms in total. The third kappa shape index (κ3) is 4.42. The average molecular weight is 360 g/mol. The van der Waals surface area contributed by atoms with Crippen LogP contribution in [-0.4, -0.2) is 15.0 Å². The van der Waals surface area contributed by atoms with Crippen molar-refractivity contribution in [2.24, 2.45) is 0 Å². The first kappa shape index (κ1) is 14.7. The maximum Gasteiger partial charge on any atom is 0.240 e. The number of rotatable bonds is 6. The molecule has 0 unspecified atom stereocenters. The first-order chi connectivity index (χ1) is 9.08. The summed E-state index contributed by atoms with van der Waals surface area (Å²) in [6, 6.07) is 8.68. The lowest BCUT2D eigenvalue weighted by Gasteiger charge is -2.06. The normalized spacial score (nSPS) is 11.6. The zero-order chi connectivity index (χ0) is 13.7. The second-order valence-corrected chi connectivity index (χ2v) is 7.55. The summed E-state index contributed by atoms with van der Waals surface area (Å²) in [5.74, 6) is 0. The molecule has 19 heavy (non-hydrogen) atoms.